The number of rotatable bonds is 11. The fourth-order valence-corrected chi connectivity index (χ4v) is 8.22. The van der Waals surface area contributed by atoms with Gasteiger partial charge in [-0.1, -0.05) is 85.3 Å². The molecule has 56 heavy (non-hydrogen) atoms. The number of aromatic hydroxyl groups is 6. The average molecular weight is 751 g/mol. The Morgan fingerprint density at radius 3 is 0.875 bits per heavy atom. The Hall–Kier alpha value is -5.88. The van der Waals surface area contributed by atoms with Crippen LogP contribution in [0, 0.1) is 48.5 Å². The second-order valence-corrected chi connectivity index (χ2v) is 15.9. The van der Waals surface area contributed by atoms with Crippen molar-refractivity contribution in [2.75, 3.05) is 0 Å². The van der Waals surface area contributed by atoms with Gasteiger partial charge in [-0.25, -0.2) is 0 Å². The molecule has 6 aromatic rings. The van der Waals surface area contributed by atoms with Crippen LogP contribution in [-0.2, 0) is 38.5 Å². The van der Waals surface area contributed by atoms with Crippen LogP contribution in [0.25, 0.3) is 0 Å². The van der Waals surface area contributed by atoms with Crippen LogP contribution in [-0.4, -0.2) is 30.6 Å². The third-order valence-corrected chi connectivity index (χ3v) is 11.1. The molecule has 0 unspecified atom stereocenters. The van der Waals surface area contributed by atoms with Crippen molar-refractivity contribution in [2.45, 2.75) is 93.9 Å². The van der Waals surface area contributed by atoms with Crippen LogP contribution in [0.2, 0.25) is 0 Å². The Kier molecular flexibility index (Phi) is 11.4. The van der Waals surface area contributed by atoms with Crippen LogP contribution >= 0.6 is 0 Å². The summed E-state index contributed by atoms with van der Waals surface area (Å²) in [6, 6.07) is 23.7. The molecule has 0 radical (unpaired) electrons. The van der Waals surface area contributed by atoms with Crippen molar-refractivity contribution in [1.82, 2.24) is 0 Å². The molecule has 0 aliphatic heterocycles. The van der Waals surface area contributed by atoms with Crippen molar-refractivity contribution >= 4 is 0 Å². The number of aryl methyl sites for hydroxylation is 8. The number of hydrogen-bond acceptors (Lipinski definition) is 6. The molecule has 0 aliphatic rings. The van der Waals surface area contributed by atoms with Gasteiger partial charge in [0.25, 0.3) is 0 Å². The molecule has 0 aliphatic carbocycles. The highest BCUT2D eigenvalue weighted by Gasteiger charge is 2.18. The van der Waals surface area contributed by atoms with Gasteiger partial charge in [0.05, 0.1) is 0 Å². The lowest BCUT2D eigenvalue weighted by molar-refractivity contribution is 0.457. The van der Waals surface area contributed by atoms with E-state index in [4.69, 9.17) is 0 Å². The van der Waals surface area contributed by atoms with Crippen LogP contribution in [0.1, 0.15) is 107 Å². The molecule has 0 saturated heterocycles. The standard InChI is InChI=1S/C50H54O6/c1-9-34-12-29(4)48(54)42(18-34)26-43-20-36(14-31(6)49(43)55)17-35-13-30(5)46(52)40(19-35)21-37-15-32(7)47(53)41(22-37)23-38-16-33(8)50(56)44(24-38)25-39-11-27(2)10-28(3)45(39)51/h10-16,18-20,22,24,51-56H,9,17,21,23,25-26H2,1-8H3. The van der Waals surface area contributed by atoms with E-state index >= 15 is 0 Å². The first-order valence-corrected chi connectivity index (χ1v) is 19.4. The molecule has 6 N–H and O–H groups in total. The van der Waals surface area contributed by atoms with E-state index in [1.807, 2.05) is 121 Å². The molecule has 290 valence electrons. The third-order valence-electron chi connectivity index (χ3n) is 11.1. The summed E-state index contributed by atoms with van der Waals surface area (Å²) in [4.78, 5) is 0. The zero-order valence-corrected chi connectivity index (χ0v) is 33.9. The Morgan fingerprint density at radius 2 is 0.536 bits per heavy atom. The SMILES string of the molecule is CCc1cc(C)c(O)c(Cc2cc(Cc3cc(C)c(O)c(Cc4cc(C)c(O)c(Cc5cc(C)c(O)c(Cc6cc(C)cc(C)c6O)c5)c4)c3)cc(C)c2O)c1. The second kappa shape index (κ2) is 16.1. The van der Waals surface area contributed by atoms with Crippen LogP contribution < -0.4 is 0 Å². The lowest BCUT2D eigenvalue weighted by Gasteiger charge is -2.16. The first-order valence-electron chi connectivity index (χ1n) is 19.4. The maximum Gasteiger partial charge on any atom is 0.122 e. The normalized spacial score (nSPS) is 11.4. The number of hydrogen-bond donors (Lipinski definition) is 6. The monoisotopic (exact) mass is 750 g/mol. The fraction of sp³-hybridized carbons (Fsp3) is 0.280. The first-order chi connectivity index (χ1) is 26.5. The van der Waals surface area contributed by atoms with E-state index in [2.05, 4.69) is 6.92 Å². The van der Waals surface area contributed by atoms with Crippen LogP contribution in [0.5, 0.6) is 34.5 Å². The molecule has 6 nitrogen and oxygen atoms in total. The summed E-state index contributed by atoms with van der Waals surface area (Å²) in [5, 5.41) is 66.2. The lowest BCUT2D eigenvalue weighted by atomic mass is 9.90. The van der Waals surface area contributed by atoms with Crippen molar-refractivity contribution in [2.24, 2.45) is 0 Å². The quantitative estimate of drug-likeness (QED) is 0.0784. The predicted molar refractivity (Wildman–Crippen MR) is 225 cm³/mol. The van der Waals surface area contributed by atoms with E-state index in [-0.39, 0.29) is 34.5 Å². The number of phenols is 6. The minimum atomic E-state index is 0.196. The maximum absolute atomic E-state index is 11.3. The molecule has 6 aromatic carbocycles. The van der Waals surface area contributed by atoms with E-state index < -0.39 is 0 Å². The van der Waals surface area contributed by atoms with E-state index in [1.54, 1.807) is 0 Å². The third kappa shape index (κ3) is 8.50. The topological polar surface area (TPSA) is 121 Å². The Morgan fingerprint density at radius 1 is 0.286 bits per heavy atom. The van der Waals surface area contributed by atoms with E-state index in [0.29, 0.717) is 37.7 Å². The Bertz CT molecular complexity index is 2470. The highest BCUT2D eigenvalue weighted by atomic mass is 16.3. The number of benzene rings is 6. The molecule has 0 saturated carbocycles. The van der Waals surface area contributed by atoms with Crippen molar-refractivity contribution in [3.8, 4) is 34.5 Å². The molecule has 0 fully saturated rings. The van der Waals surface area contributed by atoms with Gasteiger partial charge in [0.15, 0.2) is 0 Å². The predicted octanol–water partition coefficient (Wildman–Crippen LogP) is 10.6. The van der Waals surface area contributed by atoms with Gasteiger partial charge < -0.3 is 30.6 Å². The molecule has 0 amide bonds. The summed E-state index contributed by atoms with van der Waals surface area (Å²) in [5.74, 6) is 1.36. The van der Waals surface area contributed by atoms with Gasteiger partial charge in [-0.05, 0) is 156 Å². The summed E-state index contributed by atoms with van der Waals surface area (Å²) < 4.78 is 0. The minimum Gasteiger partial charge on any atom is -0.507 e. The van der Waals surface area contributed by atoms with Gasteiger partial charge in [-0.15, -0.1) is 0 Å². The molecule has 6 heteroatoms. The van der Waals surface area contributed by atoms with Gasteiger partial charge in [0.2, 0.25) is 0 Å². The van der Waals surface area contributed by atoms with Gasteiger partial charge >= 0.3 is 0 Å². The first kappa shape index (κ1) is 39.8. The van der Waals surface area contributed by atoms with E-state index in [1.165, 1.54) is 0 Å². The summed E-state index contributed by atoms with van der Waals surface area (Å²) in [7, 11) is 0. The van der Waals surface area contributed by atoms with Crippen molar-refractivity contribution < 1.29 is 30.6 Å². The number of phenolic OH excluding ortho intramolecular Hbond substituents is 6. The molecular weight excluding hydrogens is 697 g/mol. The summed E-state index contributed by atoms with van der Waals surface area (Å²) in [6.45, 7) is 15.4. The Balaban J connectivity index is 1.27. The van der Waals surface area contributed by atoms with Crippen molar-refractivity contribution in [3.05, 3.63) is 173 Å². The molecular formula is C50H54O6. The highest BCUT2D eigenvalue weighted by Crippen LogP contribution is 2.36. The smallest absolute Gasteiger partial charge is 0.122 e. The van der Waals surface area contributed by atoms with Gasteiger partial charge in [-0.3, -0.25) is 0 Å². The molecule has 6 rings (SSSR count). The minimum absolute atomic E-state index is 0.196. The zero-order chi connectivity index (χ0) is 40.6. The lowest BCUT2D eigenvalue weighted by Crippen LogP contribution is -2.00. The van der Waals surface area contributed by atoms with Crippen molar-refractivity contribution in [1.29, 1.82) is 0 Å². The van der Waals surface area contributed by atoms with Crippen LogP contribution in [0.15, 0.2) is 72.8 Å². The largest absolute Gasteiger partial charge is 0.507 e. The average Bonchev–Trinajstić information content (AvgIpc) is 3.13. The maximum atomic E-state index is 11.3. The van der Waals surface area contributed by atoms with Crippen molar-refractivity contribution in [3.63, 3.8) is 0 Å². The van der Waals surface area contributed by atoms with E-state index in [0.717, 1.165) is 101 Å². The van der Waals surface area contributed by atoms with Gasteiger partial charge in [0.1, 0.15) is 34.5 Å². The van der Waals surface area contributed by atoms with Gasteiger partial charge in [-0.2, -0.15) is 0 Å². The molecule has 0 atom stereocenters. The summed E-state index contributed by atoms with van der Waals surface area (Å²) in [6.07, 6.45) is 3.10. The summed E-state index contributed by atoms with van der Waals surface area (Å²) in [5.41, 5.74) is 15.2. The van der Waals surface area contributed by atoms with Crippen LogP contribution in [0.4, 0.5) is 0 Å². The molecule has 0 heterocycles. The zero-order valence-electron chi connectivity index (χ0n) is 33.9. The Labute approximate surface area is 331 Å². The van der Waals surface area contributed by atoms with E-state index in [9.17, 15) is 30.6 Å². The molecule has 0 spiro atoms. The second-order valence-electron chi connectivity index (χ2n) is 15.9. The molecule has 0 bridgehead atoms. The highest BCUT2D eigenvalue weighted by molar-refractivity contribution is 5.55. The summed E-state index contributed by atoms with van der Waals surface area (Å²) >= 11 is 0. The molecule has 0 aromatic heterocycles. The van der Waals surface area contributed by atoms with Gasteiger partial charge in [0, 0.05) is 25.7 Å². The fourth-order valence-electron chi connectivity index (χ4n) is 8.22. The van der Waals surface area contributed by atoms with Crippen LogP contribution in [0.3, 0.4) is 0 Å².